The van der Waals surface area contributed by atoms with Crippen molar-refractivity contribution < 1.29 is 14.0 Å². The molecule has 0 aromatic heterocycles. The molecule has 2 atom stereocenters. The molecule has 108 valence electrons. The molecule has 1 N–H and O–H groups in total. The third kappa shape index (κ3) is 2.72. The molecule has 2 rings (SSSR count). The number of imide groups is 1. The van der Waals surface area contributed by atoms with Crippen LogP contribution < -0.4 is 5.32 Å². The summed E-state index contributed by atoms with van der Waals surface area (Å²) in [5.41, 5.74) is 1.36. The van der Waals surface area contributed by atoms with E-state index >= 15 is 0 Å². The summed E-state index contributed by atoms with van der Waals surface area (Å²) in [5.74, 6) is -0.616. The van der Waals surface area contributed by atoms with Crippen LogP contribution in [0.15, 0.2) is 18.2 Å². The molecule has 1 heterocycles. The van der Waals surface area contributed by atoms with Crippen molar-refractivity contribution in [1.82, 2.24) is 10.2 Å². The van der Waals surface area contributed by atoms with E-state index < -0.39 is 6.04 Å². The predicted molar refractivity (Wildman–Crippen MR) is 73.5 cm³/mol. The second-order valence-corrected chi connectivity index (χ2v) is 5.13. The van der Waals surface area contributed by atoms with Gasteiger partial charge >= 0.3 is 0 Å². The first-order valence-electron chi connectivity index (χ1n) is 6.80. The predicted octanol–water partition coefficient (Wildman–Crippen LogP) is 1.93. The number of carbonyl (C=O) groups excluding carboxylic acids is 2. The maximum absolute atomic E-state index is 13.6. The van der Waals surface area contributed by atoms with Gasteiger partial charge in [0, 0.05) is 12.6 Å². The third-order valence-corrected chi connectivity index (χ3v) is 3.71. The van der Waals surface area contributed by atoms with Crippen LogP contribution in [0.1, 0.15) is 37.4 Å². The van der Waals surface area contributed by atoms with Crippen molar-refractivity contribution in [2.24, 2.45) is 0 Å². The second kappa shape index (κ2) is 5.71. The lowest BCUT2D eigenvalue weighted by Gasteiger charge is -2.19. The molecular weight excluding hydrogens is 259 g/mol. The first-order chi connectivity index (χ1) is 9.43. The SMILES string of the molecule is CCN1C(=O)CC(NC(C)c2ccc(C)c(F)c2)C1=O. The normalized spacial score (nSPS) is 20.6. The van der Waals surface area contributed by atoms with Crippen molar-refractivity contribution >= 4 is 11.8 Å². The van der Waals surface area contributed by atoms with E-state index in [4.69, 9.17) is 0 Å². The number of likely N-dealkylation sites (N-methyl/N-ethyl adjacent to an activating group) is 1. The van der Waals surface area contributed by atoms with Crippen molar-refractivity contribution in [1.29, 1.82) is 0 Å². The first kappa shape index (κ1) is 14.7. The van der Waals surface area contributed by atoms with Gasteiger partial charge in [0.05, 0.1) is 12.5 Å². The van der Waals surface area contributed by atoms with E-state index in [-0.39, 0.29) is 30.1 Å². The van der Waals surface area contributed by atoms with E-state index in [1.807, 2.05) is 13.0 Å². The summed E-state index contributed by atoms with van der Waals surface area (Å²) in [7, 11) is 0. The van der Waals surface area contributed by atoms with Gasteiger partial charge in [-0.3, -0.25) is 19.8 Å². The molecule has 1 saturated heterocycles. The number of aryl methyl sites for hydroxylation is 1. The zero-order chi connectivity index (χ0) is 14.9. The van der Waals surface area contributed by atoms with Crippen molar-refractivity contribution in [3.63, 3.8) is 0 Å². The van der Waals surface area contributed by atoms with Gasteiger partial charge in [0.2, 0.25) is 11.8 Å². The number of rotatable bonds is 4. The maximum atomic E-state index is 13.6. The third-order valence-electron chi connectivity index (χ3n) is 3.71. The molecule has 0 saturated carbocycles. The standard InChI is InChI=1S/C15H19FN2O2/c1-4-18-14(19)8-13(15(18)20)17-10(3)11-6-5-9(2)12(16)7-11/h5-7,10,13,17H,4,8H2,1-3H3. The van der Waals surface area contributed by atoms with Gasteiger partial charge in [-0.25, -0.2) is 4.39 Å². The Labute approximate surface area is 118 Å². The van der Waals surface area contributed by atoms with E-state index in [1.54, 1.807) is 19.9 Å². The smallest absolute Gasteiger partial charge is 0.246 e. The topological polar surface area (TPSA) is 49.4 Å². The van der Waals surface area contributed by atoms with E-state index in [9.17, 15) is 14.0 Å². The summed E-state index contributed by atoms with van der Waals surface area (Å²) < 4.78 is 13.6. The van der Waals surface area contributed by atoms with Crippen molar-refractivity contribution in [2.45, 2.75) is 39.3 Å². The molecule has 1 aliphatic heterocycles. The number of benzene rings is 1. The van der Waals surface area contributed by atoms with Crippen LogP contribution in [0.5, 0.6) is 0 Å². The Bertz CT molecular complexity index is 545. The highest BCUT2D eigenvalue weighted by Crippen LogP contribution is 2.20. The number of likely N-dealkylation sites (tertiary alicyclic amines) is 1. The van der Waals surface area contributed by atoms with Crippen LogP contribution in [0.2, 0.25) is 0 Å². The van der Waals surface area contributed by atoms with Crippen LogP contribution in [0.4, 0.5) is 4.39 Å². The van der Waals surface area contributed by atoms with Gasteiger partial charge < -0.3 is 0 Å². The summed E-state index contributed by atoms with van der Waals surface area (Å²) in [6, 6.07) is 4.30. The summed E-state index contributed by atoms with van der Waals surface area (Å²) >= 11 is 0. The Kier molecular flexibility index (Phi) is 4.18. The fourth-order valence-corrected chi connectivity index (χ4v) is 2.42. The highest BCUT2D eigenvalue weighted by Gasteiger charge is 2.37. The Morgan fingerprint density at radius 1 is 1.45 bits per heavy atom. The van der Waals surface area contributed by atoms with E-state index in [0.717, 1.165) is 5.56 Å². The molecule has 0 radical (unpaired) electrons. The number of carbonyl (C=O) groups is 2. The highest BCUT2D eigenvalue weighted by molar-refractivity contribution is 6.05. The monoisotopic (exact) mass is 278 g/mol. The average Bonchev–Trinajstić information content (AvgIpc) is 2.67. The van der Waals surface area contributed by atoms with Gasteiger partial charge in [0.15, 0.2) is 0 Å². The zero-order valence-electron chi connectivity index (χ0n) is 11.9. The lowest BCUT2D eigenvalue weighted by Crippen LogP contribution is -2.39. The molecule has 2 unspecified atom stereocenters. The van der Waals surface area contributed by atoms with Gasteiger partial charge in [0.25, 0.3) is 0 Å². The van der Waals surface area contributed by atoms with Gasteiger partial charge in [0.1, 0.15) is 5.82 Å². The summed E-state index contributed by atoms with van der Waals surface area (Å²) in [5, 5.41) is 3.11. The summed E-state index contributed by atoms with van der Waals surface area (Å²) in [4.78, 5) is 24.9. The number of amides is 2. The average molecular weight is 278 g/mol. The molecule has 2 amide bonds. The number of hydrogen-bond acceptors (Lipinski definition) is 3. The Hall–Kier alpha value is -1.75. The summed E-state index contributed by atoms with van der Waals surface area (Å²) in [6.45, 7) is 5.73. The van der Waals surface area contributed by atoms with Crippen molar-refractivity contribution in [3.8, 4) is 0 Å². The number of halogens is 1. The molecule has 0 aliphatic carbocycles. The van der Waals surface area contributed by atoms with Crippen LogP contribution in [0.25, 0.3) is 0 Å². The van der Waals surface area contributed by atoms with E-state index in [0.29, 0.717) is 12.1 Å². The van der Waals surface area contributed by atoms with Crippen LogP contribution in [0, 0.1) is 12.7 Å². The summed E-state index contributed by atoms with van der Waals surface area (Å²) in [6.07, 6.45) is 0.172. The Morgan fingerprint density at radius 2 is 2.15 bits per heavy atom. The molecule has 1 aromatic carbocycles. The molecule has 20 heavy (non-hydrogen) atoms. The second-order valence-electron chi connectivity index (χ2n) is 5.13. The maximum Gasteiger partial charge on any atom is 0.246 e. The number of hydrogen-bond donors (Lipinski definition) is 1. The van der Waals surface area contributed by atoms with E-state index in [2.05, 4.69) is 5.32 Å². The zero-order valence-corrected chi connectivity index (χ0v) is 11.9. The minimum absolute atomic E-state index is 0.155. The molecule has 5 heteroatoms. The lowest BCUT2D eigenvalue weighted by molar-refractivity contribution is -0.138. The fraction of sp³-hybridized carbons (Fsp3) is 0.467. The highest BCUT2D eigenvalue weighted by atomic mass is 19.1. The van der Waals surface area contributed by atoms with Crippen molar-refractivity contribution in [3.05, 3.63) is 35.1 Å². The van der Waals surface area contributed by atoms with Gasteiger partial charge in [-0.2, -0.15) is 0 Å². The quantitative estimate of drug-likeness (QED) is 0.856. The van der Waals surface area contributed by atoms with Gasteiger partial charge in [-0.05, 0) is 38.0 Å². The van der Waals surface area contributed by atoms with E-state index in [1.165, 1.54) is 11.0 Å². The number of nitrogens with zero attached hydrogens (tertiary/aromatic N) is 1. The number of nitrogens with one attached hydrogen (secondary N) is 1. The molecule has 4 nitrogen and oxygen atoms in total. The van der Waals surface area contributed by atoms with Crippen LogP contribution >= 0.6 is 0 Å². The van der Waals surface area contributed by atoms with Gasteiger partial charge in [-0.15, -0.1) is 0 Å². The molecule has 0 spiro atoms. The van der Waals surface area contributed by atoms with Crippen LogP contribution in [0.3, 0.4) is 0 Å². The Morgan fingerprint density at radius 3 is 2.70 bits per heavy atom. The molecule has 1 aliphatic rings. The Balaban J connectivity index is 2.08. The molecule has 1 fully saturated rings. The lowest BCUT2D eigenvalue weighted by atomic mass is 10.0. The largest absolute Gasteiger partial charge is 0.299 e. The van der Waals surface area contributed by atoms with Crippen LogP contribution in [-0.2, 0) is 9.59 Å². The molecular formula is C15H19FN2O2. The molecule has 0 bridgehead atoms. The van der Waals surface area contributed by atoms with Crippen LogP contribution in [-0.4, -0.2) is 29.3 Å². The molecule has 1 aromatic rings. The minimum atomic E-state index is -0.512. The minimum Gasteiger partial charge on any atom is -0.299 e. The fourth-order valence-electron chi connectivity index (χ4n) is 2.42. The first-order valence-corrected chi connectivity index (χ1v) is 6.80. The van der Waals surface area contributed by atoms with Crippen molar-refractivity contribution in [2.75, 3.05) is 6.54 Å². The van der Waals surface area contributed by atoms with Gasteiger partial charge in [-0.1, -0.05) is 12.1 Å².